The molecule has 1 unspecified atom stereocenters. The molecule has 2 aromatic heterocycles. The van der Waals surface area contributed by atoms with Crippen molar-refractivity contribution < 1.29 is 22.8 Å². The van der Waals surface area contributed by atoms with Gasteiger partial charge in [-0.2, -0.15) is 18.3 Å². The van der Waals surface area contributed by atoms with E-state index in [-0.39, 0.29) is 30.6 Å². The highest BCUT2D eigenvalue weighted by molar-refractivity contribution is 6.33. The minimum atomic E-state index is -4.44. The van der Waals surface area contributed by atoms with Gasteiger partial charge in [0.2, 0.25) is 11.8 Å². The number of aromatic nitrogens is 3. The summed E-state index contributed by atoms with van der Waals surface area (Å²) in [5, 5.41) is 9.28. The molecular weight excluding hydrogens is 411 g/mol. The first kappa shape index (κ1) is 22.7. The zero-order valence-corrected chi connectivity index (χ0v) is 16.6. The highest BCUT2D eigenvalue weighted by Gasteiger charge is 2.37. The van der Waals surface area contributed by atoms with Crippen molar-refractivity contribution in [2.45, 2.75) is 32.9 Å². The second kappa shape index (κ2) is 9.73. The van der Waals surface area contributed by atoms with E-state index in [1.807, 2.05) is 0 Å². The van der Waals surface area contributed by atoms with Crippen molar-refractivity contribution in [1.82, 2.24) is 20.5 Å². The minimum Gasteiger partial charge on any atom is -0.356 e. The van der Waals surface area contributed by atoms with E-state index in [1.165, 1.54) is 4.90 Å². The Hall–Kier alpha value is -2.62. The van der Waals surface area contributed by atoms with Gasteiger partial charge in [-0.3, -0.25) is 19.7 Å². The third-order valence-electron chi connectivity index (χ3n) is 4.23. The molecular formula is C18H21ClF3N5O2. The van der Waals surface area contributed by atoms with Crippen LogP contribution < -0.4 is 10.2 Å². The topological polar surface area (TPSA) is 91.0 Å². The van der Waals surface area contributed by atoms with Crippen molar-refractivity contribution in [1.29, 1.82) is 0 Å². The number of amides is 2. The molecule has 0 saturated carbocycles. The van der Waals surface area contributed by atoms with Crippen LogP contribution in [0.4, 0.5) is 18.9 Å². The standard InChI is InChI=1S/C18H21ClF3N5O2/c1-3-27(14(29)6-8-24-13(28)9-11(2)18(20,21)22)16-15(25-26-17(16)19)12-5-4-7-23-10-12/h4-5,7,10-11H,3,6,8-9H2,1-2H3,(H,24,28)(H,25,26). The molecule has 29 heavy (non-hydrogen) atoms. The molecule has 2 N–H and O–H groups in total. The SMILES string of the molecule is CCN(C(=O)CCNC(=O)CC(C)C(F)(F)F)c1c(-c2cccnc2)n[nH]c1Cl. The molecule has 11 heteroatoms. The number of anilines is 1. The second-order valence-electron chi connectivity index (χ2n) is 6.36. The molecule has 2 rings (SSSR count). The molecule has 0 aliphatic heterocycles. The number of carbonyl (C=O) groups excluding carboxylic acids is 2. The van der Waals surface area contributed by atoms with Gasteiger partial charge in [-0.25, -0.2) is 0 Å². The number of alkyl halides is 3. The fraction of sp³-hybridized carbons (Fsp3) is 0.444. The van der Waals surface area contributed by atoms with Gasteiger partial charge in [-0.05, 0) is 19.1 Å². The highest BCUT2D eigenvalue weighted by atomic mass is 35.5. The Balaban J connectivity index is 2.02. The molecule has 1 atom stereocenters. The number of H-pyrrole nitrogens is 1. The lowest BCUT2D eigenvalue weighted by molar-refractivity contribution is -0.174. The Kier molecular flexibility index (Phi) is 7.60. The molecule has 7 nitrogen and oxygen atoms in total. The second-order valence-corrected chi connectivity index (χ2v) is 6.74. The van der Waals surface area contributed by atoms with Crippen molar-refractivity contribution in [3.63, 3.8) is 0 Å². The third kappa shape index (κ3) is 5.93. The average molecular weight is 432 g/mol. The molecule has 0 saturated heterocycles. The van der Waals surface area contributed by atoms with E-state index in [2.05, 4.69) is 20.5 Å². The zero-order valence-electron chi connectivity index (χ0n) is 15.9. The maximum atomic E-state index is 12.7. The number of rotatable bonds is 8. The third-order valence-corrected chi connectivity index (χ3v) is 4.50. The number of hydrogen-bond donors (Lipinski definition) is 2. The number of halogens is 4. The molecule has 0 aromatic carbocycles. The molecule has 2 amide bonds. The van der Waals surface area contributed by atoms with E-state index in [0.717, 1.165) is 6.92 Å². The number of hydrogen-bond acceptors (Lipinski definition) is 4. The van der Waals surface area contributed by atoms with E-state index < -0.39 is 24.4 Å². The van der Waals surface area contributed by atoms with Crippen LogP contribution in [0.3, 0.4) is 0 Å². The van der Waals surface area contributed by atoms with Crippen LogP contribution in [0.25, 0.3) is 11.3 Å². The number of carbonyl (C=O) groups is 2. The van der Waals surface area contributed by atoms with E-state index in [0.29, 0.717) is 16.9 Å². The summed E-state index contributed by atoms with van der Waals surface area (Å²) in [6.45, 7) is 2.88. The minimum absolute atomic E-state index is 0.0869. The lowest BCUT2D eigenvalue weighted by Crippen LogP contribution is -2.36. The molecule has 0 radical (unpaired) electrons. The van der Waals surface area contributed by atoms with E-state index in [1.54, 1.807) is 31.5 Å². The predicted octanol–water partition coefficient (Wildman–Crippen LogP) is 3.57. The monoisotopic (exact) mass is 431 g/mol. The van der Waals surface area contributed by atoms with Crippen LogP contribution in [0.15, 0.2) is 24.5 Å². The van der Waals surface area contributed by atoms with E-state index >= 15 is 0 Å². The van der Waals surface area contributed by atoms with Gasteiger partial charge < -0.3 is 10.2 Å². The van der Waals surface area contributed by atoms with Gasteiger partial charge in [0, 0.05) is 43.9 Å². The van der Waals surface area contributed by atoms with Crippen LogP contribution in [0.2, 0.25) is 5.15 Å². The summed E-state index contributed by atoms with van der Waals surface area (Å²) < 4.78 is 37.6. The Bertz CT molecular complexity index is 842. The highest BCUT2D eigenvalue weighted by Crippen LogP contribution is 2.35. The lowest BCUT2D eigenvalue weighted by Gasteiger charge is -2.21. The number of pyridine rings is 1. The van der Waals surface area contributed by atoms with Crippen molar-refractivity contribution in [3.05, 3.63) is 29.7 Å². The normalized spacial score (nSPS) is 12.5. The molecule has 0 spiro atoms. The molecule has 158 valence electrons. The van der Waals surface area contributed by atoms with E-state index in [4.69, 9.17) is 11.6 Å². The average Bonchev–Trinajstić information content (AvgIpc) is 3.04. The summed E-state index contributed by atoms with van der Waals surface area (Å²) in [5.74, 6) is -2.87. The van der Waals surface area contributed by atoms with Crippen LogP contribution in [0.5, 0.6) is 0 Å². The summed E-state index contributed by atoms with van der Waals surface area (Å²) in [6, 6.07) is 3.49. The molecule has 0 fully saturated rings. The summed E-state index contributed by atoms with van der Waals surface area (Å²) in [5.41, 5.74) is 1.48. The van der Waals surface area contributed by atoms with Crippen molar-refractivity contribution >= 4 is 29.1 Å². The summed E-state index contributed by atoms with van der Waals surface area (Å²) >= 11 is 6.19. The Morgan fingerprint density at radius 3 is 2.69 bits per heavy atom. The largest absolute Gasteiger partial charge is 0.392 e. The summed E-state index contributed by atoms with van der Waals surface area (Å²) in [4.78, 5) is 29.7. The zero-order chi connectivity index (χ0) is 21.6. The fourth-order valence-electron chi connectivity index (χ4n) is 2.63. The Morgan fingerprint density at radius 1 is 1.38 bits per heavy atom. The quantitative estimate of drug-likeness (QED) is 0.668. The van der Waals surface area contributed by atoms with E-state index in [9.17, 15) is 22.8 Å². The predicted molar refractivity (Wildman–Crippen MR) is 102 cm³/mol. The van der Waals surface area contributed by atoms with Crippen molar-refractivity contribution in [3.8, 4) is 11.3 Å². The first-order chi connectivity index (χ1) is 13.6. The van der Waals surface area contributed by atoms with Gasteiger partial charge in [0.05, 0.1) is 5.92 Å². The van der Waals surface area contributed by atoms with Gasteiger partial charge in [0.15, 0.2) is 0 Å². The first-order valence-electron chi connectivity index (χ1n) is 8.93. The van der Waals surface area contributed by atoms with Gasteiger partial charge >= 0.3 is 6.18 Å². The van der Waals surface area contributed by atoms with Gasteiger partial charge in [0.25, 0.3) is 0 Å². The molecule has 2 heterocycles. The Morgan fingerprint density at radius 2 is 2.10 bits per heavy atom. The summed E-state index contributed by atoms with van der Waals surface area (Å²) in [6.07, 6.45) is -2.05. The van der Waals surface area contributed by atoms with Crippen LogP contribution in [0.1, 0.15) is 26.7 Å². The molecule has 2 aromatic rings. The van der Waals surface area contributed by atoms with Crippen LogP contribution in [0, 0.1) is 5.92 Å². The smallest absolute Gasteiger partial charge is 0.356 e. The molecule has 0 aliphatic rings. The van der Waals surface area contributed by atoms with Gasteiger partial charge in [-0.15, -0.1) is 0 Å². The maximum absolute atomic E-state index is 12.7. The van der Waals surface area contributed by atoms with Crippen LogP contribution in [-0.2, 0) is 9.59 Å². The van der Waals surface area contributed by atoms with Gasteiger partial charge in [0.1, 0.15) is 16.5 Å². The van der Waals surface area contributed by atoms with Gasteiger partial charge in [-0.1, -0.05) is 18.5 Å². The maximum Gasteiger partial charge on any atom is 0.392 e. The van der Waals surface area contributed by atoms with Crippen molar-refractivity contribution in [2.24, 2.45) is 5.92 Å². The summed E-state index contributed by atoms with van der Waals surface area (Å²) in [7, 11) is 0. The van der Waals surface area contributed by atoms with Crippen LogP contribution in [-0.4, -0.2) is 46.3 Å². The Labute approximate surface area is 170 Å². The molecule has 0 bridgehead atoms. The van der Waals surface area contributed by atoms with Crippen molar-refractivity contribution in [2.75, 3.05) is 18.0 Å². The number of aromatic amines is 1. The number of nitrogens with zero attached hydrogens (tertiary/aromatic N) is 3. The lowest BCUT2D eigenvalue weighted by atomic mass is 10.1. The first-order valence-corrected chi connectivity index (χ1v) is 9.31. The van der Waals surface area contributed by atoms with Crippen LogP contribution >= 0.6 is 11.6 Å². The molecule has 0 aliphatic carbocycles. The fourth-order valence-corrected chi connectivity index (χ4v) is 2.87. The number of nitrogens with one attached hydrogen (secondary N) is 2.